The molecule has 2 N–H and O–H groups in total. The highest BCUT2D eigenvalue weighted by atomic mass is 35.5. The minimum Gasteiger partial charge on any atom is -0.486 e. The lowest BCUT2D eigenvalue weighted by Crippen LogP contribution is -2.20. The normalized spacial score (nSPS) is 15.8. The van der Waals surface area contributed by atoms with Crippen molar-refractivity contribution in [1.82, 2.24) is 5.32 Å². The largest absolute Gasteiger partial charge is 0.486 e. The van der Waals surface area contributed by atoms with E-state index in [1.807, 2.05) is 6.92 Å². The Bertz CT molecular complexity index is 423. The van der Waals surface area contributed by atoms with E-state index in [-0.39, 0.29) is 0 Å². The summed E-state index contributed by atoms with van der Waals surface area (Å²) in [5, 5.41) is 13.4. The van der Waals surface area contributed by atoms with Gasteiger partial charge in [0.2, 0.25) is 0 Å². The van der Waals surface area contributed by atoms with Crippen molar-refractivity contribution in [3.8, 4) is 11.5 Å². The molecule has 4 nitrogen and oxygen atoms in total. The summed E-state index contributed by atoms with van der Waals surface area (Å²) in [5.41, 5.74) is 1.48. The second kappa shape index (κ2) is 5.12. The van der Waals surface area contributed by atoms with E-state index in [1.165, 1.54) is 0 Å². The predicted octanol–water partition coefficient (Wildman–Crippen LogP) is 1.67. The lowest BCUT2D eigenvalue weighted by molar-refractivity contribution is 0.163. The van der Waals surface area contributed by atoms with Gasteiger partial charge >= 0.3 is 0 Å². The molecule has 1 atom stereocenters. The Labute approximate surface area is 105 Å². The Morgan fingerprint density at radius 1 is 1.47 bits per heavy atom. The van der Waals surface area contributed by atoms with E-state index in [0.29, 0.717) is 41.8 Å². The molecule has 94 valence electrons. The van der Waals surface area contributed by atoms with Gasteiger partial charge in [-0.25, -0.2) is 0 Å². The molecular formula is C12H16ClNO3. The molecule has 1 heterocycles. The van der Waals surface area contributed by atoms with Crippen LogP contribution in [0.15, 0.2) is 6.07 Å². The second-order valence-corrected chi connectivity index (χ2v) is 4.38. The molecule has 0 bridgehead atoms. The number of halogens is 1. The second-order valence-electron chi connectivity index (χ2n) is 4.00. The summed E-state index contributed by atoms with van der Waals surface area (Å²) in [4.78, 5) is 0. The number of aliphatic hydroxyl groups excluding tert-OH is 1. The standard InChI is InChI=1S/C12H16ClNO3/c1-7-11(13)8(9(15)6-14-2)5-10-12(7)17-4-3-16-10/h5,9,14-15H,3-4,6H2,1-2H3. The first-order valence-electron chi connectivity index (χ1n) is 5.56. The van der Waals surface area contributed by atoms with Crippen LogP contribution in [0.25, 0.3) is 0 Å². The van der Waals surface area contributed by atoms with E-state index in [1.54, 1.807) is 13.1 Å². The number of aliphatic hydroxyl groups is 1. The Kier molecular flexibility index (Phi) is 3.76. The molecule has 1 aliphatic heterocycles. The first kappa shape index (κ1) is 12.5. The van der Waals surface area contributed by atoms with Crippen LogP contribution in [0.3, 0.4) is 0 Å². The molecule has 0 saturated heterocycles. The minimum atomic E-state index is -0.651. The zero-order chi connectivity index (χ0) is 12.4. The smallest absolute Gasteiger partial charge is 0.165 e. The van der Waals surface area contributed by atoms with Gasteiger partial charge in [0, 0.05) is 17.7 Å². The van der Waals surface area contributed by atoms with E-state index < -0.39 is 6.10 Å². The highest BCUT2D eigenvalue weighted by Gasteiger charge is 2.22. The number of hydrogen-bond donors (Lipinski definition) is 2. The zero-order valence-electron chi connectivity index (χ0n) is 9.92. The van der Waals surface area contributed by atoms with Crippen molar-refractivity contribution in [2.75, 3.05) is 26.8 Å². The summed E-state index contributed by atoms with van der Waals surface area (Å²) in [6.45, 7) is 3.36. The molecule has 1 aromatic carbocycles. The summed E-state index contributed by atoms with van der Waals surface area (Å²) < 4.78 is 11.0. The lowest BCUT2D eigenvalue weighted by Gasteiger charge is -2.23. The van der Waals surface area contributed by atoms with Crippen LogP contribution in [-0.4, -0.2) is 31.9 Å². The number of fused-ring (bicyclic) bond motifs is 1. The number of hydrogen-bond acceptors (Lipinski definition) is 4. The SMILES string of the molecule is CNCC(O)c1cc2c(c(C)c1Cl)OCCO2. The van der Waals surface area contributed by atoms with Gasteiger partial charge in [-0.2, -0.15) is 0 Å². The summed E-state index contributed by atoms with van der Waals surface area (Å²) in [5.74, 6) is 1.34. The van der Waals surface area contributed by atoms with Crippen molar-refractivity contribution in [2.45, 2.75) is 13.0 Å². The van der Waals surface area contributed by atoms with Crippen molar-refractivity contribution < 1.29 is 14.6 Å². The number of rotatable bonds is 3. The van der Waals surface area contributed by atoms with E-state index >= 15 is 0 Å². The van der Waals surface area contributed by atoms with Crippen LogP contribution in [0.1, 0.15) is 17.2 Å². The van der Waals surface area contributed by atoms with Crippen molar-refractivity contribution in [2.24, 2.45) is 0 Å². The van der Waals surface area contributed by atoms with Crippen molar-refractivity contribution in [1.29, 1.82) is 0 Å². The molecule has 1 aliphatic rings. The van der Waals surface area contributed by atoms with Crippen molar-refractivity contribution in [3.63, 3.8) is 0 Å². The maximum absolute atomic E-state index is 9.98. The first-order valence-corrected chi connectivity index (χ1v) is 5.94. The quantitative estimate of drug-likeness (QED) is 0.865. The Morgan fingerprint density at radius 2 is 2.18 bits per heavy atom. The maximum atomic E-state index is 9.98. The molecule has 0 aromatic heterocycles. The molecular weight excluding hydrogens is 242 g/mol. The van der Waals surface area contributed by atoms with Gasteiger partial charge in [-0.1, -0.05) is 11.6 Å². The Balaban J connectivity index is 2.43. The summed E-state index contributed by atoms with van der Waals surface area (Å²) in [6, 6.07) is 1.76. The summed E-state index contributed by atoms with van der Waals surface area (Å²) in [7, 11) is 1.78. The number of ether oxygens (including phenoxy) is 2. The van der Waals surface area contributed by atoms with E-state index in [0.717, 1.165) is 5.56 Å². The fourth-order valence-electron chi connectivity index (χ4n) is 1.90. The molecule has 0 spiro atoms. The average molecular weight is 258 g/mol. The third-order valence-electron chi connectivity index (χ3n) is 2.78. The van der Waals surface area contributed by atoms with Crippen LogP contribution < -0.4 is 14.8 Å². The van der Waals surface area contributed by atoms with Gasteiger partial charge < -0.3 is 19.9 Å². The van der Waals surface area contributed by atoms with E-state index in [9.17, 15) is 5.11 Å². The predicted molar refractivity (Wildman–Crippen MR) is 66.1 cm³/mol. The number of likely N-dealkylation sites (N-methyl/N-ethyl adjacent to an activating group) is 1. The summed E-state index contributed by atoms with van der Waals surface area (Å²) in [6.07, 6.45) is -0.651. The third kappa shape index (κ3) is 2.34. The molecule has 0 saturated carbocycles. The van der Waals surface area contributed by atoms with Gasteiger partial charge in [0.1, 0.15) is 13.2 Å². The fourth-order valence-corrected chi connectivity index (χ4v) is 2.17. The third-order valence-corrected chi connectivity index (χ3v) is 3.28. The van der Waals surface area contributed by atoms with Crippen LogP contribution in [0.5, 0.6) is 11.5 Å². The van der Waals surface area contributed by atoms with Gasteiger partial charge in [-0.05, 0) is 20.0 Å². The van der Waals surface area contributed by atoms with Crippen LogP contribution >= 0.6 is 11.6 Å². The average Bonchev–Trinajstić information content (AvgIpc) is 2.34. The molecule has 0 amide bonds. The number of nitrogens with one attached hydrogen (secondary N) is 1. The van der Waals surface area contributed by atoms with Crippen LogP contribution in [0.4, 0.5) is 0 Å². The highest BCUT2D eigenvalue weighted by molar-refractivity contribution is 6.32. The van der Waals surface area contributed by atoms with Crippen LogP contribution in [0, 0.1) is 6.92 Å². The van der Waals surface area contributed by atoms with Gasteiger partial charge in [0.05, 0.1) is 11.1 Å². The molecule has 1 unspecified atom stereocenters. The minimum absolute atomic E-state index is 0.443. The highest BCUT2D eigenvalue weighted by Crippen LogP contribution is 2.41. The van der Waals surface area contributed by atoms with E-state index in [4.69, 9.17) is 21.1 Å². The molecule has 0 aliphatic carbocycles. The molecule has 5 heteroatoms. The molecule has 17 heavy (non-hydrogen) atoms. The Morgan fingerprint density at radius 3 is 2.88 bits per heavy atom. The van der Waals surface area contributed by atoms with Gasteiger partial charge in [0.15, 0.2) is 11.5 Å². The maximum Gasteiger partial charge on any atom is 0.165 e. The topological polar surface area (TPSA) is 50.7 Å². The molecule has 0 radical (unpaired) electrons. The number of benzene rings is 1. The molecule has 2 rings (SSSR count). The molecule has 0 fully saturated rings. The van der Waals surface area contributed by atoms with E-state index in [2.05, 4.69) is 5.32 Å². The van der Waals surface area contributed by atoms with Gasteiger partial charge in [-0.3, -0.25) is 0 Å². The molecule has 1 aromatic rings. The van der Waals surface area contributed by atoms with Gasteiger partial charge in [0.25, 0.3) is 0 Å². The van der Waals surface area contributed by atoms with Crippen molar-refractivity contribution in [3.05, 3.63) is 22.2 Å². The van der Waals surface area contributed by atoms with Crippen molar-refractivity contribution >= 4 is 11.6 Å². The van der Waals surface area contributed by atoms with Gasteiger partial charge in [-0.15, -0.1) is 0 Å². The Hall–Kier alpha value is -0.970. The monoisotopic (exact) mass is 257 g/mol. The lowest BCUT2D eigenvalue weighted by atomic mass is 10.0. The van der Waals surface area contributed by atoms with Crippen LogP contribution in [-0.2, 0) is 0 Å². The van der Waals surface area contributed by atoms with Crippen LogP contribution in [0.2, 0.25) is 5.02 Å². The first-order chi connectivity index (χ1) is 8.15. The summed E-state index contributed by atoms with van der Waals surface area (Å²) >= 11 is 6.24. The fraction of sp³-hybridized carbons (Fsp3) is 0.500. The zero-order valence-corrected chi connectivity index (χ0v) is 10.7.